The van der Waals surface area contributed by atoms with Crippen LogP contribution >= 0.6 is 0 Å². The second-order valence-corrected chi connectivity index (χ2v) is 6.53. The largest absolute Gasteiger partial charge is 0.306 e. The third kappa shape index (κ3) is 2.41. The number of carbonyl (C=O) groups excluding carboxylic acids is 1. The summed E-state index contributed by atoms with van der Waals surface area (Å²) in [7, 11) is 0. The standard InChI is InChI=1S/C15H17N3O3/c1-15(2)7-11-13(12(19)8-15)14(17-16-11)9-4-3-5-10(6-9)18(20)21/h3-6,11,13,16H,7-8H2,1-2H3/t11-,13+/m1/s1. The Labute approximate surface area is 122 Å². The number of nitro groups is 1. The maximum Gasteiger partial charge on any atom is 0.270 e. The van der Waals surface area contributed by atoms with Gasteiger partial charge in [0.25, 0.3) is 5.69 Å². The molecule has 21 heavy (non-hydrogen) atoms. The van der Waals surface area contributed by atoms with Crippen LogP contribution in [0.25, 0.3) is 0 Å². The van der Waals surface area contributed by atoms with Crippen LogP contribution in [0, 0.1) is 21.4 Å². The van der Waals surface area contributed by atoms with Crippen LogP contribution in [-0.4, -0.2) is 22.5 Å². The number of nitro benzene ring substituents is 1. The van der Waals surface area contributed by atoms with Gasteiger partial charge in [0.2, 0.25) is 0 Å². The van der Waals surface area contributed by atoms with Crippen molar-refractivity contribution < 1.29 is 9.72 Å². The molecule has 1 N–H and O–H groups in total. The lowest BCUT2D eigenvalue weighted by Gasteiger charge is -2.36. The molecule has 1 aromatic rings. The van der Waals surface area contributed by atoms with Gasteiger partial charge in [-0.3, -0.25) is 14.9 Å². The SMILES string of the molecule is CC1(C)CC(=O)[C@H]2C(c3cccc([N+](=O)[O-])c3)=NN[C@@H]2C1. The van der Waals surface area contributed by atoms with Crippen LogP contribution in [0.5, 0.6) is 0 Å². The van der Waals surface area contributed by atoms with Gasteiger partial charge in [0.15, 0.2) is 0 Å². The summed E-state index contributed by atoms with van der Waals surface area (Å²) >= 11 is 0. The van der Waals surface area contributed by atoms with Crippen LogP contribution in [0.2, 0.25) is 0 Å². The zero-order valence-corrected chi connectivity index (χ0v) is 12.0. The number of hydrogen-bond acceptors (Lipinski definition) is 5. The summed E-state index contributed by atoms with van der Waals surface area (Å²) in [5, 5.41) is 15.2. The number of fused-ring (bicyclic) bond motifs is 1. The fraction of sp³-hybridized carbons (Fsp3) is 0.467. The van der Waals surface area contributed by atoms with Crippen molar-refractivity contribution in [2.75, 3.05) is 0 Å². The molecule has 3 rings (SSSR count). The smallest absolute Gasteiger partial charge is 0.270 e. The fourth-order valence-electron chi connectivity index (χ4n) is 3.30. The van der Waals surface area contributed by atoms with E-state index in [2.05, 4.69) is 24.4 Å². The van der Waals surface area contributed by atoms with E-state index in [-0.39, 0.29) is 28.8 Å². The van der Waals surface area contributed by atoms with Gasteiger partial charge < -0.3 is 5.43 Å². The number of ketones is 1. The second-order valence-electron chi connectivity index (χ2n) is 6.53. The van der Waals surface area contributed by atoms with Gasteiger partial charge in [0, 0.05) is 24.1 Å². The van der Waals surface area contributed by atoms with Crippen molar-refractivity contribution in [2.45, 2.75) is 32.7 Å². The van der Waals surface area contributed by atoms with Crippen molar-refractivity contribution in [1.29, 1.82) is 0 Å². The first-order valence-electron chi connectivity index (χ1n) is 6.98. The lowest BCUT2D eigenvalue weighted by molar-refractivity contribution is -0.384. The Bertz CT molecular complexity index is 651. The number of non-ortho nitro benzene ring substituents is 1. The van der Waals surface area contributed by atoms with Crippen LogP contribution in [0.3, 0.4) is 0 Å². The number of hydrogen-bond donors (Lipinski definition) is 1. The molecule has 1 heterocycles. The maximum atomic E-state index is 12.4. The molecule has 0 saturated heterocycles. The van der Waals surface area contributed by atoms with E-state index in [0.29, 0.717) is 17.7 Å². The number of rotatable bonds is 2. The molecule has 1 aromatic carbocycles. The molecule has 110 valence electrons. The molecule has 1 aliphatic carbocycles. The Morgan fingerprint density at radius 2 is 2.19 bits per heavy atom. The van der Waals surface area contributed by atoms with E-state index < -0.39 is 4.92 Å². The van der Waals surface area contributed by atoms with E-state index >= 15 is 0 Å². The highest BCUT2D eigenvalue weighted by atomic mass is 16.6. The van der Waals surface area contributed by atoms with Gasteiger partial charge >= 0.3 is 0 Å². The van der Waals surface area contributed by atoms with E-state index in [9.17, 15) is 14.9 Å². The minimum absolute atomic E-state index is 0.00416. The molecule has 2 atom stereocenters. The molecule has 1 fully saturated rings. The summed E-state index contributed by atoms with van der Waals surface area (Å²) in [5.41, 5.74) is 4.31. The third-order valence-electron chi connectivity index (χ3n) is 4.17. The van der Waals surface area contributed by atoms with Crippen LogP contribution in [-0.2, 0) is 4.79 Å². The van der Waals surface area contributed by atoms with Crippen molar-refractivity contribution in [1.82, 2.24) is 5.43 Å². The quantitative estimate of drug-likeness (QED) is 0.668. The van der Waals surface area contributed by atoms with Crippen molar-refractivity contribution in [3.05, 3.63) is 39.9 Å². The molecular formula is C15H17N3O3. The highest BCUT2D eigenvalue weighted by molar-refractivity contribution is 6.15. The van der Waals surface area contributed by atoms with Gasteiger partial charge in [-0.15, -0.1) is 0 Å². The number of benzene rings is 1. The predicted molar refractivity (Wildman–Crippen MR) is 78.1 cm³/mol. The number of Topliss-reactive ketones (excluding diaryl/α,β-unsaturated/α-hetero) is 1. The molecular weight excluding hydrogens is 270 g/mol. The topological polar surface area (TPSA) is 84.6 Å². The zero-order chi connectivity index (χ0) is 15.2. The van der Waals surface area contributed by atoms with Crippen molar-refractivity contribution in [3.63, 3.8) is 0 Å². The fourth-order valence-corrected chi connectivity index (χ4v) is 3.30. The Balaban J connectivity index is 1.93. The van der Waals surface area contributed by atoms with Gasteiger partial charge in [-0.2, -0.15) is 5.10 Å². The van der Waals surface area contributed by atoms with E-state index in [1.165, 1.54) is 12.1 Å². The Kier molecular flexibility index (Phi) is 3.04. The molecule has 1 aliphatic heterocycles. The van der Waals surface area contributed by atoms with E-state index in [4.69, 9.17) is 0 Å². The number of hydrazone groups is 1. The van der Waals surface area contributed by atoms with Crippen LogP contribution in [0.15, 0.2) is 29.4 Å². The molecule has 0 amide bonds. The van der Waals surface area contributed by atoms with Crippen LogP contribution < -0.4 is 5.43 Å². The molecule has 0 aromatic heterocycles. The number of nitrogens with zero attached hydrogens (tertiary/aromatic N) is 2. The van der Waals surface area contributed by atoms with Gasteiger partial charge in [0.1, 0.15) is 5.78 Å². The first-order chi connectivity index (χ1) is 9.87. The monoisotopic (exact) mass is 287 g/mol. The van der Waals surface area contributed by atoms with E-state index in [0.717, 1.165) is 6.42 Å². The summed E-state index contributed by atoms with van der Waals surface area (Å²) in [6, 6.07) is 6.31. The molecule has 6 heteroatoms. The Morgan fingerprint density at radius 1 is 1.43 bits per heavy atom. The molecule has 6 nitrogen and oxygen atoms in total. The number of nitrogens with one attached hydrogen (secondary N) is 1. The molecule has 0 unspecified atom stereocenters. The Morgan fingerprint density at radius 3 is 2.90 bits per heavy atom. The first-order valence-corrected chi connectivity index (χ1v) is 6.98. The normalized spacial score (nSPS) is 26.8. The van der Waals surface area contributed by atoms with Crippen LogP contribution in [0.4, 0.5) is 5.69 Å². The van der Waals surface area contributed by atoms with E-state index in [1.807, 2.05) is 0 Å². The average molecular weight is 287 g/mol. The van der Waals surface area contributed by atoms with Gasteiger partial charge in [-0.05, 0) is 11.8 Å². The molecule has 2 aliphatic rings. The van der Waals surface area contributed by atoms with Gasteiger partial charge in [0.05, 0.1) is 22.6 Å². The van der Waals surface area contributed by atoms with Gasteiger partial charge in [-0.25, -0.2) is 0 Å². The summed E-state index contributed by atoms with van der Waals surface area (Å²) in [6.45, 7) is 4.16. The summed E-state index contributed by atoms with van der Waals surface area (Å²) in [4.78, 5) is 22.9. The van der Waals surface area contributed by atoms with Crippen molar-refractivity contribution in [3.8, 4) is 0 Å². The molecule has 0 spiro atoms. The van der Waals surface area contributed by atoms with Crippen LogP contribution in [0.1, 0.15) is 32.3 Å². The molecule has 0 bridgehead atoms. The molecule has 1 saturated carbocycles. The second kappa shape index (κ2) is 4.65. The minimum atomic E-state index is -0.435. The summed E-state index contributed by atoms with van der Waals surface area (Å²) in [5.74, 6) is -0.133. The Hall–Kier alpha value is -2.24. The van der Waals surface area contributed by atoms with Gasteiger partial charge in [-0.1, -0.05) is 26.0 Å². The molecule has 0 radical (unpaired) electrons. The lowest BCUT2D eigenvalue weighted by atomic mass is 9.68. The minimum Gasteiger partial charge on any atom is -0.306 e. The third-order valence-corrected chi connectivity index (χ3v) is 4.17. The first kappa shape index (κ1) is 13.7. The lowest BCUT2D eigenvalue weighted by Crippen LogP contribution is -2.45. The summed E-state index contributed by atoms with van der Waals surface area (Å²) < 4.78 is 0. The highest BCUT2D eigenvalue weighted by Crippen LogP contribution is 2.39. The summed E-state index contributed by atoms with van der Waals surface area (Å²) in [6.07, 6.45) is 1.38. The highest BCUT2D eigenvalue weighted by Gasteiger charge is 2.46. The van der Waals surface area contributed by atoms with Crippen molar-refractivity contribution in [2.24, 2.45) is 16.4 Å². The van der Waals surface area contributed by atoms with E-state index in [1.54, 1.807) is 12.1 Å². The predicted octanol–water partition coefficient (Wildman–Crippen LogP) is 2.28. The maximum absolute atomic E-state index is 12.4. The average Bonchev–Trinajstić information content (AvgIpc) is 2.81. The zero-order valence-electron chi connectivity index (χ0n) is 12.0. The van der Waals surface area contributed by atoms with Crippen molar-refractivity contribution >= 4 is 17.2 Å². The number of carbonyl (C=O) groups is 1.